The zero-order chi connectivity index (χ0) is 23.7. The van der Waals surface area contributed by atoms with Crippen molar-refractivity contribution in [3.8, 4) is 11.5 Å². The first kappa shape index (κ1) is 23.0. The van der Waals surface area contributed by atoms with E-state index in [0.29, 0.717) is 37.7 Å². The van der Waals surface area contributed by atoms with E-state index in [4.69, 9.17) is 14.2 Å². The van der Waals surface area contributed by atoms with Gasteiger partial charge >= 0.3 is 5.97 Å². The maximum atomic E-state index is 13.6. The van der Waals surface area contributed by atoms with Gasteiger partial charge in [-0.15, -0.1) is 0 Å². The second-order valence-electron chi connectivity index (χ2n) is 7.24. The zero-order valence-electron chi connectivity index (χ0n) is 18.4. The summed E-state index contributed by atoms with van der Waals surface area (Å²) in [6.45, 7) is 1.74. The molecule has 1 aromatic heterocycles. The van der Waals surface area contributed by atoms with Gasteiger partial charge < -0.3 is 14.2 Å². The van der Waals surface area contributed by atoms with Crippen LogP contribution in [-0.2, 0) is 9.53 Å². The third-order valence-corrected chi connectivity index (χ3v) is 6.83. The Bertz CT molecular complexity index is 1440. The fraction of sp³-hybridized carbons (Fsp3) is 0.208. The molecule has 1 unspecified atom stereocenters. The molecule has 0 fully saturated rings. The average molecular weight is 529 g/mol. The lowest BCUT2D eigenvalue weighted by atomic mass is 9.95. The molecule has 7 nitrogen and oxygen atoms in total. The van der Waals surface area contributed by atoms with Gasteiger partial charge in [-0.1, -0.05) is 45.5 Å². The lowest BCUT2D eigenvalue weighted by molar-refractivity contribution is -0.136. The Balaban J connectivity index is 1.97. The number of methoxy groups -OCH3 is 3. The number of nitrogens with zero attached hydrogens (tertiary/aromatic N) is 2. The van der Waals surface area contributed by atoms with Gasteiger partial charge in [0, 0.05) is 4.47 Å². The number of halogens is 1. The van der Waals surface area contributed by atoms with Gasteiger partial charge in [-0.2, -0.15) is 0 Å². The lowest BCUT2D eigenvalue weighted by Gasteiger charge is -2.25. The van der Waals surface area contributed by atoms with E-state index in [1.165, 1.54) is 30.1 Å². The van der Waals surface area contributed by atoms with Crippen LogP contribution in [0.1, 0.15) is 24.1 Å². The Morgan fingerprint density at radius 2 is 1.79 bits per heavy atom. The number of rotatable bonds is 5. The van der Waals surface area contributed by atoms with Crippen molar-refractivity contribution >= 4 is 39.3 Å². The van der Waals surface area contributed by atoms with Crippen LogP contribution in [0, 0.1) is 0 Å². The SMILES string of the molecule is COC(=O)C1=C(C)N=c2sc(=Cc3ccc(Br)cc3)c(=O)n2C1c1ccc(OC)c(OC)c1. The number of ether oxygens (including phenoxy) is 3. The molecular formula is C24H21BrN2O5S. The molecule has 170 valence electrons. The number of benzene rings is 2. The highest BCUT2D eigenvalue weighted by atomic mass is 79.9. The number of hydrogen-bond acceptors (Lipinski definition) is 7. The molecule has 33 heavy (non-hydrogen) atoms. The topological polar surface area (TPSA) is 79.1 Å². The van der Waals surface area contributed by atoms with Gasteiger partial charge in [-0.05, 0) is 48.4 Å². The number of aromatic nitrogens is 1. The van der Waals surface area contributed by atoms with Crippen LogP contribution in [0.25, 0.3) is 6.08 Å². The summed E-state index contributed by atoms with van der Waals surface area (Å²) in [6, 6.07) is 12.2. The van der Waals surface area contributed by atoms with E-state index in [0.717, 1.165) is 10.0 Å². The van der Waals surface area contributed by atoms with Crippen molar-refractivity contribution in [2.45, 2.75) is 13.0 Å². The second-order valence-corrected chi connectivity index (χ2v) is 9.16. The van der Waals surface area contributed by atoms with Gasteiger partial charge in [0.1, 0.15) is 0 Å². The highest BCUT2D eigenvalue weighted by Gasteiger charge is 2.33. The summed E-state index contributed by atoms with van der Waals surface area (Å²) in [5.41, 5.74) is 2.12. The number of hydrogen-bond donors (Lipinski definition) is 0. The third kappa shape index (κ3) is 4.26. The van der Waals surface area contributed by atoms with Crippen LogP contribution in [0.15, 0.2) is 68.0 Å². The van der Waals surface area contributed by atoms with Crippen LogP contribution in [0.5, 0.6) is 11.5 Å². The van der Waals surface area contributed by atoms with Gasteiger partial charge in [0.2, 0.25) is 0 Å². The molecule has 1 atom stereocenters. The summed E-state index contributed by atoms with van der Waals surface area (Å²) >= 11 is 4.70. The van der Waals surface area contributed by atoms with Crippen LogP contribution in [0.2, 0.25) is 0 Å². The van der Waals surface area contributed by atoms with E-state index < -0.39 is 12.0 Å². The molecule has 2 heterocycles. The molecule has 0 bridgehead atoms. The molecule has 0 N–H and O–H groups in total. The lowest BCUT2D eigenvalue weighted by Crippen LogP contribution is -2.39. The summed E-state index contributed by atoms with van der Waals surface area (Å²) in [6.07, 6.45) is 1.82. The van der Waals surface area contributed by atoms with Gasteiger partial charge in [-0.3, -0.25) is 9.36 Å². The van der Waals surface area contributed by atoms with Crippen LogP contribution >= 0.6 is 27.3 Å². The van der Waals surface area contributed by atoms with Crippen LogP contribution < -0.4 is 24.4 Å². The standard InChI is InChI=1S/C24H21BrN2O5S/c1-13-20(23(29)32-4)21(15-7-10-17(30-2)18(12-15)31-3)27-22(28)19(33-24(27)26-13)11-14-5-8-16(25)9-6-14/h5-12,21H,1-4H3. The molecule has 1 aliphatic rings. The molecule has 0 aliphatic carbocycles. The smallest absolute Gasteiger partial charge is 0.338 e. The van der Waals surface area contributed by atoms with E-state index in [1.54, 1.807) is 32.2 Å². The third-order valence-electron chi connectivity index (χ3n) is 5.32. The maximum absolute atomic E-state index is 13.6. The van der Waals surface area contributed by atoms with Crippen molar-refractivity contribution in [3.05, 3.63) is 89.0 Å². The fourth-order valence-corrected chi connectivity index (χ4v) is 5.05. The summed E-state index contributed by atoms with van der Waals surface area (Å²) in [4.78, 5) is 31.4. The predicted molar refractivity (Wildman–Crippen MR) is 129 cm³/mol. The van der Waals surface area contributed by atoms with Crippen LogP contribution in [0.4, 0.5) is 0 Å². The molecule has 3 aromatic rings. The number of esters is 1. The molecule has 9 heteroatoms. The van der Waals surface area contributed by atoms with E-state index >= 15 is 0 Å². The van der Waals surface area contributed by atoms with Gasteiger partial charge in [-0.25, -0.2) is 9.79 Å². The number of fused-ring (bicyclic) bond motifs is 1. The average Bonchev–Trinajstić information content (AvgIpc) is 3.13. The summed E-state index contributed by atoms with van der Waals surface area (Å²) in [7, 11) is 4.40. The van der Waals surface area contributed by atoms with Crippen molar-refractivity contribution in [1.29, 1.82) is 0 Å². The highest BCUT2D eigenvalue weighted by molar-refractivity contribution is 9.10. The Morgan fingerprint density at radius 3 is 2.42 bits per heavy atom. The van der Waals surface area contributed by atoms with Crippen molar-refractivity contribution in [3.63, 3.8) is 0 Å². The first-order valence-electron chi connectivity index (χ1n) is 9.96. The molecule has 0 spiro atoms. The van der Waals surface area contributed by atoms with E-state index in [2.05, 4.69) is 20.9 Å². The molecule has 0 amide bonds. The molecule has 2 aromatic carbocycles. The van der Waals surface area contributed by atoms with E-state index in [-0.39, 0.29) is 5.56 Å². The zero-order valence-corrected chi connectivity index (χ0v) is 20.8. The molecule has 4 rings (SSSR count). The number of carbonyl (C=O) groups excluding carboxylic acids is 1. The number of allylic oxidation sites excluding steroid dienone is 1. The predicted octanol–water partition coefficient (Wildman–Crippen LogP) is 3.19. The minimum atomic E-state index is -0.722. The first-order chi connectivity index (χ1) is 15.9. The Morgan fingerprint density at radius 1 is 1.09 bits per heavy atom. The van der Waals surface area contributed by atoms with E-state index in [1.807, 2.05) is 30.3 Å². The summed E-state index contributed by atoms with van der Waals surface area (Å²) < 4.78 is 18.8. The number of carbonyl (C=O) groups is 1. The quantitative estimate of drug-likeness (QED) is 0.475. The molecule has 0 saturated carbocycles. The van der Waals surface area contributed by atoms with Gasteiger partial charge in [0.15, 0.2) is 16.3 Å². The van der Waals surface area contributed by atoms with E-state index in [9.17, 15) is 9.59 Å². The second kappa shape index (κ2) is 9.36. The summed E-state index contributed by atoms with van der Waals surface area (Å²) in [5, 5.41) is 0. The van der Waals surface area contributed by atoms with Crippen molar-refractivity contribution in [1.82, 2.24) is 4.57 Å². The highest BCUT2D eigenvalue weighted by Crippen LogP contribution is 2.35. The van der Waals surface area contributed by atoms with Crippen LogP contribution in [-0.4, -0.2) is 31.9 Å². The Kier molecular flexibility index (Phi) is 6.53. The normalized spacial score (nSPS) is 15.7. The minimum Gasteiger partial charge on any atom is -0.493 e. The molecule has 0 radical (unpaired) electrons. The van der Waals surface area contributed by atoms with Gasteiger partial charge in [0.25, 0.3) is 5.56 Å². The van der Waals surface area contributed by atoms with Crippen molar-refractivity contribution < 1.29 is 19.0 Å². The molecule has 0 saturated heterocycles. The van der Waals surface area contributed by atoms with Gasteiger partial charge in [0.05, 0.1) is 43.2 Å². The maximum Gasteiger partial charge on any atom is 0.338 e. The fourth-order valence-electron chi connectivity index (χ4n) is 3.74. The molecular weight excluding hydrogens is 508 g/mol. The van der Waals surface area contributed by atoms with Crippen molar-refractivity contribution in [2.24, 2.45) is 4.99 Å². The molecule has 1 aliphatic heterocycles. The Hall–Kier alpha value is -3.17. The summed E-state index contributed by atoms with van der Waals surface area (Å²) in [5.74, 6) is 0.494. The number of thiazole rings is 1. The minimum absolute atomic E-state index is 0.240. The first-order valence-corrected chi connectivity index (χ1v) is 11.6. The largest absolute Gasteiger partial charge is 0.493 e. The van der Waals surface area contributed by atoms with Crippen LogP contribution in [0.3, 0.4) is 0 Å². The van der Waals surface area contributed by atoms with Crippen molar-refractivity contribution in [2.75, 3.05) is 21.3 Å². The Labute approximate surface area is 202 Å². The monoisotopic (exact) mass is 528 g/mol.